The number of rotatable bonds is 3. The molecular weight excluding hydrogens is 322 g/mol. The summed E-state index contributed by atoms with van der Waals surface area (Å²) in [7, 11) is 0. The summed E-state index contributed by atoms with van der Waals surface area (Å²) in [5, 5.41) is 8.17. The highest BCUT2D eigenvalue weighted by molar-refractivity contribution is 7.99. The Hall–Kier alpha value is -2.09. The van der Waals surface area contributed by atoms with Crippen LogP contribution in [0.1, 0.15) is 0 Å². The van der Waals surface area contributed by atoms with E-state index in [9.17, 15) is 0 Å². The standard InChI is InChI=1S/C16H21N7S/c1-2-14(20-19-3-1)21-4-6-22(7-5-21)15-12-16(18-13-17-15)23-8-10-24-11-9-23/h1-3,12-13H,4-11H2. The van der Waals surface area contributed by atoms with Gasteiger partial charge in [0.15, 0.2) is 5.82 Å². The summed E-state index contributed by atoms with van der Waals surface area (Å²) in [5.74, 6) is 5.38. The van der Waals surface area contributed by atoms with Crippen LogP contribution in [0.2, 0.25) is 0 Å². The van der Waals surface area contributed by atoms with E-state index in [2.05, 4.69) is 40.9 Å². The first-order valence-electron chi connectivity index (χ1n) is 8.32. The molecular formula is C16H21N7S. The first kappa shape index (κ1) is 15.4. The molecule has 126 valence electrons. The van der Waals surface area contributed by atoms with E-state index < -0.39 is 0 Å². The van der Waals surface area contributed by atoms with Crippen LogP contribution in [0.4, 0.5) is 17.5 Å². The molecule has 0 bridgehead atoms. The fourth-order valence-electron chi connectivity index (χ4n) is 3.10. The lowest BCUT2D eigenvalue weighted by Gasteiger charge is -2.36. The molecule has 0 spiro atoms. The van der Waals surface area contributed by atoms with Crippen LogP contribution in [-0.2, 0) is 0 Å². The lowest BCUT2D eigenvalue weighted by Crippen LogP contribution is -2.47. The smallest absolute Gasteiger partial charge is 0.151 e. The maximum Gasteiger partial charge on any atom is 0.151 e. The van der Waals surface area contributed by atoms with E-state index in [0.29, 0.717) is 0 Å². The molecule has 0 radical (unpaired) electrons. The molecule has 2 aliphatic rings. The maximum atomic E-state index is 4.49. The van der Waals surface area contributed by atoms with Gasteiger partial charge in [0, 0.05) is 63.0 Å². The Morgan fingerprint density at radius 1 is 0.792 bits per heavy atom. The molecule has 0 amide bonds. The third kappa shape index (κ3) is 3.38. The van der Waals surface area contributed by atoms with Crippen LogP contribution in [0.15, 0.2) is 30.7 Å². The largest absolute Gasteiger partial charge is 0.355 e. The molecule has 2 aliphatic heterocycles. The van der Waals surface area contributed by atoms with Crippen molar-refractivity contribution in [3.63, 3.8) is 0 Å². The maximum absolute atomic E-state index is 4.49. The number of anilines is 3. The molecule has 2 saturated heterocycles. The minimum absolute atomic E-state index is 0.929. The number of aromatic nitrogens is 4. The molecule has 24 heavy (non-hydrogen) atoms. The fourth-order valence-corrected chi connectivity index (χ4v) is 4.01. The third-order valence-corrected chi connectivity index (χ3v) is 5.40. The topological polar surface area (TPSA) is 61.3 Å². The normalized spacial score (nSPS) is 18.8. The summed E-state index contributed by atoms with van der Waals surface area (Å²) in [5.41, 5.74) is 0. The predicted octanol–water partition coefficient (Wildman–Crippen LogP) is 1.15. The number of piperazine rings is 1. The molecule has 2 fully saturated rings. The minimum Gasteiger partial charge on any atom is -0.355 e. The van der Waals surface area contributed by atoms with E-state index in [4.69, 9.17) is 0 Å². The molecule has 4 rings (SSSR count). The van der Waals surface area contributed by atoms with E-state index in [1.54, 1.807) is 12.5 Å². The van der Waals surface area contributed by atoms with E-state index >= 15 is 0 Å². The highest BCUT2D eigenvalue weighted by Crippen LogP contribution is 2.22. The van der Waals surface area contributed by atoms with E-state index in [1.807, 2.05) is 23.9 Å². The Kier molecular flexibility index (Phi) is 4.64. The summed E-state index contributed by atoms with van der Waals surface area (Å²) in [4.78, 5) is 15.9. The second-order valence-electron chi connectivity index (χ2n) is 5.89. The van der Waals surface area contributed by atoms with Crippen molar-refractivity contribution in [3.05, 3.63) is 30.7 Å². The average molecular weight is 343 g/mol. The summed E-state index contributed by atoms with van der Waals surface area (Å²) in [6.07, 6.45) is 3.41. The van der Waals surface area contributed by atoms with E-state index in [0.717, 1.165) is 56.7 Å². The van der Waals surface area contributed by atoms with Crippen molar-refractivity contribution in [1.29, 1.82) is 0 Å². The second kappa shape index (κ2) is 7.21. The molecule has 4 heterocycles. The molecule has 0 unspecified atom stereocenters. The van der Waals surface area contributed by atoms with Crippen LogP contribution in [0.25, 0.3) is 0 Å². The highest BCUT2D eigenvalue weighted by Gasteiger charge is 2.20. The molecule has 2 aromatic rings. The van der Waals surface area contributed by atoms with Crippen molar-refractivity contribution < 1.29 is 0 Å². The van der Waals surface area contributed by atoms with Gasteiger partial charge in [-0.05, 0) is 12.1 Å². The molecule has 0 N–H and O–H groups in total. The van der Waals surface area contributed by atoms with Crippen molar-refractivity contribution in [2.24, 2.45) is 0 Å². The van der Waals surface area contributed by atoms with Gasteiger partial charge in [-0.2, -0.15) is 16.9 Å². The van der Waals surface area contributed by atoms with Crippen molar-refractivity contribution in [2.75, 3.05) is 65.5 Å². The van der Waals surface area contributed by atoms with Crippen LogP contribution < -0.4 is 14.7 Å². The van der Waals surface area contributed by atoms with Crippen LogP contribution in [0, 0.1) is 0 Å². The Balaban J connectivity index is 1.42. The van der Waals surface area contributed by atoms with Gasteiger partial charge >= 0.3 is 0 Å². The number of hydrogen-bond acceptors (Lipinski definition) is 8. The zero-order valence-electron chi connectivity index (χ0n) is 13.6. The lowest BCUT2D eigenvalue weighted by molar-refractivity contribution is 0.637. The summed E-state index contributed by atoms with van der Waals surface area (Å²) < 4.78 is 0. The Bertz CT molecular complexity index is 654. The van der Waals surface area contributed by atoms with Crippen LogP contribution in [0.5, 0.6) is 0 Å². The molecule has 0 atom stereocenters. The van der Waals surface area contributed by atoms with Crippen molar-refractivity contribution >= 4 is 29.2 Å². The number of nitrogens with zero attached hydrogens (tertiary/aromatic N) is 7. The SMILES string of the molecule is c1cnnc(N2CCN(c3cc(N4CCSCC4)ncn3)CC2)c1. The molecule has 2 aromatic heterocycles. The summed E-state index contributed by atoms with van der Waals surface area (Å²) in [6, 6.07) is 6.08. The minimum atomic E-state index is 0.929. The van der Waals surface area contributed by atoms with E-state index in [-0.39, 0.29) is 0 Å². The van der Waals surface area contributed by atoms with Gasteiger partial charge in [-0.1, -0.05) is 0 Å². The van der Waals surface area contributed by atoms with Crippen molar-refractivity contribution in [1.82, 2.24) is 20.2 Å². The van der Waals surface area contributed by atoms with Gasteiger partial charge in [0.1, 0.15) is 18.0 Å². The van der Waals surface area contributed by atoms with Gasteiger partial charge in [-0.15, -0.1) is 5.10 Å². The Morgan fingerprint density at radius 3 is 2.04 bits per heavy atom. The molecule has 7 nitrogen and oxygen atoms in total. The van der Waals surface area contributed by atoms with Crippen molar-refractivity contribution in [3.8, 4) is 0 Å². The third-order valence-electron chi connectivity index (χ3n) is 4.46. The molecule has 0 saturated carbocycles. The van der Waals surface area contributed by atoms with Gasteiger partial charge in [0.25, 0.3) is 0 Å². The van der Waals surface area contributed by atoms with E-state index in [1.165, 1.54) is 11.5 Å². The molecule has 0 aromatic carbocycles. The first-order valence-corrected chi connectivity index (χ1v) is 9.48. The van der Waals surface area contributed by atoms with Gasteiger partial charge in [-0.25, -0.2) is 9.97 Å². The van der Waals surface area contributed by atoms with Crippen LogP contribution >= 0.6 is 11.8 Å². The quantitative estimate of drug-likeness (QED) is 0.822. The molecule has 0 aliphatic carbocycles. The average Bonchev–Trinajstić information content (AvgIpc) is 2.70. The fraction of sp³-hybridized carbons (Fsp3) is 0.500. The van der Waals surface area contributed by atoms with Gasteiger partial charge in [0.05, 0.1) is 0 Å². The Labute approximate surface area is 146 Å². The van der Waals surface area contributed by atoms with Crippen LogP contribution in [-0.4, -0.2) is 70.9 Å². The predicted molar refractivity (Wildman–Crippen MR) is 98.0 cm³/mol. The summed E-state index contributed by atoms with van der Waals surface area (Å²) in [6.45, 7) is 5.87. The number of hydrogen-bond donors (Lipinski definition) is 0. The summed E-state index contributed by atoms with van der Waals surface area (Å²) >= 11 is 2.01. The second-order valence-corrected chi connectivity index (χ2v) is 7.11. The zero-order chi connectivity index (χ0) is 16.2. The zero-order valence-corrected chi connectivity index (χ0v) is 14.4. The van der Waals surface area contributed by atoms with Gasteiger partial charge < -0.3 is 14.7 Å². The molecule has 8 heteroatoms. The first-order chi connectivity index (χ1) is 11.9. The van der Waals surface area contributed by atoms with Crippen LogP contribution in [0.3, 0.4) is 0 Å². The lowest BCUT2D eigenvalue weighted by atomic mass is 10.3. The van der Waals surface area contributed by atoms with Gasteiger partial charge in [-0.3, -0.25) is 0 Å². The Morgan fingerprint density at radius 2 is 1.42 bits per heavy atom. The number of thioether (sulfide) groups is 1. The monoisotopic (exact) mass is 343 g/mol. The van der Waals surface area contributed by atoms with Crippen molar-refractivity contribution in [2.45, 2.75) is 0 Å². The van der Waals surface area contributed by atoms with Gasteiger partial charge in [0.2, 0.25) is 0 Å². The highest BCUT2D eigenvalue weighted by atomic mass is 32.2.